The zero-order valence-electron chi connectivity index (χ0n) is 15.5. The standard InChI is InChI=1S/C21H18Cl3FN2OS/c1-21(12-5-6-16(23)17(24)7-12)8-13(10-28)27-19(21)9-26-20(27)29-11-14-15(22)3-2-4-18(14)25/h2-7,9,13,28H,8,10-11H2,1H3. The molecule has 2 aromatic carbocycles. The van der Waals surface area contributed by atoms with E-state index in [9.17, 15) is 9.50 Å². The van der Waals surface area contributed by atoms with E-state index in [-0.39, 0.29) is 23.9 Å². The monoisotopic (exact) mass is 470 g/mol. The Kier molecular flexibility index (Phi) is 5.88. The molecule has 3 aromatic rings. The van der Waals surface area contributed by atoms with E-state index in [0.29, 0.717) is 32.8 Å². The molecule has 1 aromatic heterocycles. The lowest BCUT2D eigenvalue weighted by molar-refractivity contribution is 0.220. The zero-order valence-corrected chi connectivity index (χ0v) is 18.6. The van der Waals surface area contributed by atoms with Crippen LogP contribution in [0.2, 0.25) is 15.1 Å². The number of aliphatic hydroxyl groups excluding tert-OH is 1. The fraction of sp³-hybridized carbons (Fsp3) is 0.286. The van der Waals surface area contributed by atoms with E-state index in [4.69, 9.17) is 34.8 Å². The molecule has 0 aliphatic carbocycles. The van der Waals surface area contributed by atoms with Crippen molar-refractivity contribution in [2.75, 3.05) is 6.61 Å². The van der Waals surface area contributed by atoms with Crippen LogP contribution in [0.4, 0.5) is 4.39 Å². The van der Waals surface area contributed by atoms with Gasteiger partial charge in [-0.1, -0.05) is 58.7 Å². The molecule has 1 aliphatic rings. The van der Waals surface area contributed by atoms with Gasteiger partial charge >= 0.3 is 0 Å². The second-order valence-corrected chi connectivity index (χ2v) is 9.45. The van der Waals surface area contributed by atoms with E-state index in [0.717, 1.165) is 16.4 Å². The summed E-state index contributed by atoms with van der Waals surface area (Å²) in [5, 5.41) is 12.1. The van der Waals surface area contributed by atoms with Crippen molar-refractivity contribution in [1.82, 2.24) is 9.55 Å². The first-order valence-corrected chi connectivity index (χ1v) is 11.2. The molecule has 152 valence electrons. The van der Waals surface area contributed by atoms with Crippen LogP contribution in [0, 0.1) is 5.82 Å². The molecule has 0 spiro atoms. The van der Waals surface area contributed by atoms with Crippen LogP contribution in [0.3, 0.4) is 0 Å². The highest BCUT2D eigenvalue weighted by Crippen LogP contribution is 2.48. The molecule has 2 atom stereocenters. The van der Waals surface area contributed by atoms with Gasteiger partial charge in [0.15, 0.2) is 5.16 Å². The van der Waals surface area contributed by atoms with Crippen LogP contribution in [-0.4, -0.2) is 21.3 Å². The Morgan fingerprint density at radius 3 is 2.69 bits per heavy atom. The predicted octanol–water partition coefficient (Wildman–Crippen LogP) is 6.52. The Labute approximate surface area is 187 Å². The maximum Gasteiger partial charge on any atom is 0.168 e. The lowest BCUT2D eigenvalue weighted by Crippen LogP contribution is -2.20. The summed E-state index contributed by atoms with van der Waals surface area (Å²) in [5.74, 6) is 0.0152. The summed E-state index contributed by atoms with van der Waals surface area (Å²) >= 11 is 19.9. The van der Waals surface area contributed by atoms with E-state index in [1.165, 1.54) is 17.8 Å². The lowest BCUT2D eigenvalue weighted by Gasteiger charge is -2.24. The fourth-order valence-electron chi connectivity index (χ4n) is 3.94. The first kappa shape index (κ1) is 21.0. The van der Waals surface area contributed by atoms with Crippen LogP contribution in [0.15, 0.2) is 47.8 Å². The number of aliphatic hydroxyl groups is 1. The van der Waals surface area contributed by atoms with E-state index >= 15 is 0 Å². The van der Waals surface area contributed by atoms with E-state index in [2.05, 4.69) is 11.9 Å². The minimum atomic E-state index is -0.372. The van der Waals surface area contributed by atoms with Crippen molar-refractivity contribution in [3.63, 3.8) is 0 Å². The van der Waals surface area contributed by atoms with Crippen molar-refractivity contribution < 1.29 is 9.50 Å². The second-order valence-electron chi connectivity index (χ2n) is 7.29. The summed E-state index contributed by atoms with van der Waals surface area (Å²) in [6, 6.07) is 10.1. The molecular weight excluding hydrogens is 454 g/mol. The van der Waals surface area contributed by atoms with E-state index in [1.807, 2.05) is 22.9 Å². The summed E-state index contributed by atoms with van der Waals surface area (Å²) in [6.45, 7) is 2.09. The normalized spacial score (nSPS) is 20.8. The van der Waals surface area contributed by atoms with Crippen LogP contribution >= 0.6 is 46.6 Å². The summed E-state index contributed by atoms with van der Waals surface area (Å²) in [4.78, 5) is 4.56. The highest BCUT2D eigenvalue weighted by atomic mass is 35.5. The third-order valence-corrected chi connectivity index (χ3v) is 7.60. The molecule has 0 bridgehead atoms. The van der Waals surface area contributed by atoms with Crippen LogP contribution in [0.5, 0.6) is 0 Å². The third-order valence-electron chi connectivity index (χ3n) is 5.51. The summed E-state index contributed by atoms with van der Waals surface area (Å²) in [5.41, 5.74) is 2.07. The highest BCUT2D eigenvalue weighted by molar-refractivity contribution is 7.98. The average Bonchev–Trinajstić information content (AvgIpc) is 3.24. The van der Waals surface area contributed by atoms with Gasteiger partial charge in [-0.15, -0.1) is 0 Å². The topological polar surface area (TPSA) is 38.0 Å². The highest BCUT2D eigenvalue weighted by Gasteiger charge is 2.43. The number of nitrogens with zero attached hydrogens (tertiary/aromatic N) is 2. The molecule has 0 saturated heterocycles. The van der Waals surface area contributed by atoms with Gasteiger partial charge in [0.25, 0.3) is 0 Å². The van der Waals surface area contributed by atoms with Crippen molar-refractivity contribution in [3.8, 4) is 0 Å². The maximum absolute atomic E-state index is 14.1. The molecule has 2 unspecified atom stereocenters. The molecule has 0 amide bonds. The van der Waals surface area contributed by atoms with Crippen molar-refractivity contribution in [2.24, 2.45) is 0 Å². The Morgan fingerprint density at radius 1 is 1.21 bits per heavy atom. The second kappa shape index (κ2) is 8.12. The van der Waals surface area contributed by atoms with Gasteiger partial charge in [-0.05, 0) is 43.2 Å². The summed E-state index contributed by atoms with van der Waals surface area (Å²) in [7, 11) is 0. The first-order chi connectivity index (χ1) is 13.8. The maximum atomic E-state index is 14.1. The molecule has 4 rings (SSSR count). The molecule has 0 radical (unpaired) electrons. The Hall–Kier alpha value is -1.24. The number of aromatic nitrogens is 2. The Bertz CT molecular complexity index is 1050. The van der Waals surface area contributed by atoms with Crippen LogP contribution < -0.4 is 0 Å². The van der Waals surface area contributed by atoms with Gasteiger partial charge < -0.3 is 9.67 Å². The van der Waals surface area contributed by atoms with Crippen LogP contribution in [0.1, 0.15) is 36.2 Å². The van der Waals surface area contributed by atoms with Crippen LogP contribution in [0.25, 0.3) is 0 Å². The SMILES string of the molecule is CC1(c2ccc(Cl)c(Cl)c2)CC(CO)n2c1cnc2SCc1c(F)cccc1Cl. The number of thioether (sulfide) groups is 1. The molecule has 29 heavy (non-hydrogen) atoms. The molecule has 8 heteroatoms. The van der Waals surface area contributed by atoms with Gasteiger partial charge in [-0.25, -0.2) is 9.37 Å². The number of rotatable bonds is 5. The quantitative estimate of drug-likeness (QED) is 0.431. The largest absolute Gasteiger partial charge is 0.394 e. The van der Waals surface area contributed by atoms with Gasteiger partial charge in [-0.2, -0.15) is 0 Å². The molecule has 0 saturated carbocycles. The van der Waals surface area contributed by atoms with Crippen molar-refractivity contribution in [1.29, 1.82) is 0 Å². The molecule has 1 aliphatic heterocycles. The van der Waals surface area contributed by atoms with Crippen molar-refractivity contribution in [2.45, 2.75) is 35.7 Å². The minimum Gasteiger partial charge on any atom is -0.394 e. The van der Waals surface area contributed by atoms with E-state index in [1.54, 1.807) is 18.2 Å². The molecule has 1 N–H and O–H groups in total. The fourth-order valence-corrected chi connectivity index (χ4v) is 5.62. The third kappa shape index (κ3) is 3.68. The van der Waals surface area contributed by atoms with E-state index < -0.39 is 0 Å². The smallest absolute Gasteiger partial charge is 0.168 e. The molecule has 2 heterocycles. The molecular formula is C21H18Cl3FN2OS. The van der Waals surface area contributed by atoms with Gasteiger partial charge in [-0.3, -0.25) is 0 Å². The molecule has 3 nitrogen and oxygen atoms in total. The number of benzene rings is 2. The van der Waals surface area contributed by atoms with Gasteiger partial charge in [0.05, 0.1) is 28.9 Å². The predicted molar refractivity (Wildman–Crippen MR) is 117 cm³/mol. The number of halogens is 4. The Balaban J connectivity index is 1.69. The van der Waals surface area contributed by atoms with Crippen LogP contribution in [-0.2, 0) is 11.2 Å². The number of fused-ring (bicyclic) bond motifs is 1. The molecule has 0 fully saturated rings. The first-order valence-electron chi connectivity index (χ1n) is 9.05. The van der Waals surface area contributed by atoms with Gasteiger partial charge in [0, 0.05) is 27.4 Å². The van der Waals surface area contributed by atoms with Crippen molar-refractivity contribution >= 4 is 46.6 Å². The Morgan fingerprint density at radius 2 is 2.00 bits per heavy atom. The summed E-state index contributed by atoms with van der Waals surface area (Å²) in [6.07, 6.45) is 2.52. The average molecular weight is 472 g/mol. The minimum absolute atomic E-state index is 0.0196. The number of hydrogen-bond acceptors (Lipinski definition) is 3. The zero-order chi connectivity index (χ0) is 20.8. The number of hydrogen-bond donors (Lipinski definition) is 1. The van der Waals surface area contributed by atoms with Crippen molar-refractivity contribution in [3.05, 3.63) is 80.3 Å². The van der Waals surface area contributed by atoms with Gasteiger partial charge in [0.2, 0.25) is 0 Å². The summed E-state index contributed by atoms with van der Waals surface area (Å²) < 4.78 is 16.2. The number of imidazole rings is 1. The lowest BCUT2D eigenvalue weighted by atomic mass is 9.78. The van der Waals surface area contributed by atoms with Gasteiger partial charge in [0.1, 0.15) is 5.82 Å².